The maximum atomic E-state index is 13.0. The van der Waals surface area contributed by atoms with Crippen molar-refractivity contribution in [3.8, 4) is 0 Å². The third-order valence-corrected chi connectivity index (χ3v) is 8.17. The molecular formula is C26H40ClN3O. The predicted molar refractivity (Wildman–Crippen MR) is 129 cm³/mol. The van der Waals surface area contributed by atoms with Crippen molar-refractivity contribution < 1.29 is 4.79 Å². The van der Waals surface area contributed by atoms with Gasteiger partial charge in [-0.25, -0.2) is 0 Å². The molecule has 4 nitrogen and oxygen atoms in total. The van der Waals surface area contributed by atoms with E-state index in [1.54, 1.807) is 0 Å². The van der Waals surface area contributed by atoms with Gasteiger partial charge in [-0.05, 0) is 132 Å². The molecule has 31 heavy (non-hydrogen) atoms. The van der Waals surface area contributed by atoms with E-state index in [1.807, 2.05) is 12.1 Å². The molecule has 0 atom stereocenters. The van der Waals surface area contributed by atoms with Crippen molar-refractivity contribution in [2.24, 2.45) is 23.2 Å². The summed E-state index contributed by atoms with van der Waals surface area (Å²) in [6.45, 7) is 4.00. The molecule has 4 aliphatic carbocycles. The molecule has 172 valence electrons. The molecule has 2 N–H and O–H groups in total. The molecule has 4 fully saturated rings. The van der Waals surface area contributed by atoms with Crippen molar-refractivity contribution in [3.05, 3.63) is 34.3 Å². The number of hydrogen-bond acceptors (Lipinski definition) is 3. The molecule has 1 aromatic carbocycles. The van der Waals surface area contributed by atoms with Crippen LogP contribution in [0.25, 0.3) is 0 Å². The largest absolute Gasteiger partial charge is 0.351 e. The zero-order chi connectivity index (χ0) is 21.8. The highest BCUT2D eigenvalue weighted by atomic mass is 35.5. The van der Waals surface area contributed by atoms with Crippen LogP contribution in [0.5, 0.6) is 0 Å². The molecule has 0 aromatic heterocycles. The smallest absolute Gasteiger partial charge is 0.252 e. The Balaban J connectivity index is 1.25. The summed E-state index contributed by atoms with van der Waals surface area (Å²) < 4.78 is 0. The van der Waals surface area contributed by atoms with Crippen LogP contribution in [0.2, 0.25) is 5.02 Å². The summed E-state index contributed by atoms with van der Waals surface area (Å²) in [5, 5.41) is 7.36. The topological polar surface area (TPSA) is 44.4 Å². The highest BCUT2D eigenvalue weighted by Crippen LogP contribution is 2.59. The maximum absolute atomic E-state index is 13.0. The molecule has 5 rings (SSSR count). The van der Waals surface area contributed by atoms with Crippen LogP contribution in [0.3, 0.4) is 0 Å². The summed E-state index contributed by atoms with van der Waals surface area (Å²) >= 11 is 6.41. The van der Waals surface area contributed by atoms with E-state index in [1.165, 1.54) is 50.5 Å². The molecule has 4 saturated carbocycles. The van der Waals surface area contributed by atoms with Crippen LogP contribution in [-0.4, -0.2) is 51.1 Å². The van der Waals surface area contributed by atoms with Gasteiger partial charge in [0.2, 0.25) is 0 Å². The number of carbonyl (C=O) groups excluding carboxylic acids is 1. The molecule has 5 heteroatoms. The summed E-state index contributed by atoms with van der Waals surface area (Å²) in [4.78, 5) is 15.2. The monoisotopic (exact) mass is 445 g/mol. The fourth-order valence-electron chi connectivity index (χ4n) is 6.83. The minimum atomic E-state index is 0.00408. The molecule has 0 radical (unpaired) electrons. The van der Waals surface area contributed by atoms with Gasteiger partial charge in [-0.2, -0.15) is 0 Å². The van der Waals surface area contributed by atoms with Gasteiger partial charge in [-0.1, -0.05) is 17.7 Å². The zero-order valence-corrected chi connectivity index (χ0v) is 20.1. The number of carbonyl (C=O) groups is 1. The standard InChI is InChI=1S/C26H40ClN3O/c1-30(2)10-4-9-28-8-3-5-19-6-7-24(27)23(14-19)25(31)29-18-26-15-20-11-21(16-26)13-22(12-20)17-26/h6-7,14,20-22,28H,3-5,8-13,15-18H2,1-2H3,(H,29,31). The molecule has 1 aromatic rings. The van der Waals surface area contributed by atoms with E-state index in [9.17, 15) is 4.79 Å². The normalized spacial score (nSPS) is 29.0. The second-order valence-corrected chi connectivity index (χ2v) is 11.3. The summed E-state index contributed by atoms with van der Waals surface area (Å²) in [5.41, 5.74) is 2.19. The highest BCUT2D eigenvalue weighted by molar-refractivity contribution is 6.33. The van der Waals surface area contributed by atoms with Gasteiger partial charge in [0.05, 0.1) is 10.6 Å². The van der Waals surface area contributed by atoms with Gasteiger partial charge in [0.15, 0.2) is 0 Å². The van der Waals surface area contributed by atoms with Gasteiger partial charge in [0, 0.05) is 6.54 Å². The number of aryl methyl sites for hydroxylation is 1. The van der Waals surface area contributed by atoms with Crippen LogP contribution in [0.1, 0.15) is 67.3 Å². The third kappa shape index (κ3) is 6.03. The van der Waals surface area contributed by atoms with Crippen molar-refractivity contribution in [3.63, 3.8) is 0 Å². The van der Waals surface area contributed by atoms with Crippen LogP contribution in [0, 0.1) is 23.2 Å². The Morgan fingerprint density at radius 3 is 2.35 bits per heavy atom. The molecule has 0 spiro atoms. The minimum absolute atomic E-state index is 0.00408. The van der Waals surface area contributed by atoms with Crippen molar-refractivity contribution in [1.29, 1.82) is 0 Å². The predicted octanol–water partition coefficient (Wildman–Crippen LogP) is 4.76. The second-order valence-electron chi connectivity index (χ2n) is 10.9. The number of nitrogens with zero attached hydrogens (tertiary/aromatic N) is 1. The number of nitrogens with one attached hydrogen (secondary N) is 2. The zero-order valence-electron chi connectivity index (χ0n) is 19.4. The van der Waals surface area contributed by atoms with E-state index in [0.29, 0.717) is 16.0 Å². The van der Waals surface area contributed by atoms with Gasteiger partial charge >= 0.3 is 0 Å². The first kappa shape index (κ1) is 23.1. The molecular weight excluding hydrogens is 406 g/mol. The van der Waals surface area contributed by atoms with E-state index in [-0.39, 0.29) is 5.91 Å². The van der Waals surface area contributed by atoms with Crippen molar-refractivity contribution in [2.75, 3.05) is 40.3 Å². The Labute approximate surface area is 193 Å². The summed E-state index contributed by atoms with van der Waals surface area (Å²) in [6.07, 6.45) is 11.5. The van der Waals surface area contributed by atoms with Crippen molar-refractivity contribution in [2.45, 2.75) is 57.8 Å². The molecule has 0 saturated heterocycles. The number of halogens is 1. The average Bonchev–Trinajstić information content (AvgIpc) is 2.71. The first-order valence-electron chi connectivity index (χ1n) is 12.3. The molecule has 4 bridgehead atoms. The van der Waals surface area contributed by atoms with Crippen LogP contribution in [0.15, 0.2) is 18.2 Å². The lowest BCUT2D eigenvalue weighted by atomic mass is 9.49. The molecule has 0 unspecified atom stereocenters. The number of amides is 1. The van der Waals surface area contributed by atoms with Gasteiger partial charge in [0.25, 0.3) is 5.91 Å². The Morgan fingerprint density at radius 2 is 1.71 bits per heavy atom. The Hall–Kier alpha value is -1.10. The van der Waals surface area contributed by atoms with Crippen molar-refractivity contribution >= 4 is 17.5 Å². The fraction of sp³-hybridized carbons (Fsp3) is 0.731. The average molecular weight is 446 g/mol. The minimum Gasteiger partial charge on any atom is -0.351 e. The lowest BCUT2D eigenvalue weighted by Gasteiger charge is -2.56. The lowest BCUT2D eigenvalue weighted by molar-refractivity contribution is -0.0503. The summed E-state index contributed by atoms with van der Waals surface area (Å²) in [7, 11) is 4.22. The van der Waals surface area contributed by atoms with Gasteiger partial charge < -0.3 is 15.5 Å². The lowest BCUT2D eigenvalue weighted by Crippen LogP contribution is -2.51. The maximum Gasteiger partial charge on any atom is 0.252 e. The third-order valence-electron chi connectivity index (χ3n) is 7.84. The molecule has 0 heterocycles. The fourth-order valence-corrected chi connectivity index (χ4v) is 7.04. The first-order chi connectivity index (χ1) is 14.9. The quantitative estimate of drug-likeness (QED) is 0.482. The van der Waals surface area contributed by atoms with Crippen LogP contribution in [0.4, 0.5) is 0 Å². The Morgan fingerprint density at radius 1 is 1.06 bits per heavy atom. The van der Waals surface area contributed by atoms with E-state index in [2.05, 4.69) is 35.7 Å². The second kappa shape index (κ2) is 10.2. The molecule has 0 aliphatic heterocycles. The summed E-state index contributed by atoms with van der Waals surface area (Å²) in [5.74, 6) is 2.73. The van der Waals surface area contributed by atoms with E-state index < -0.39 is 0 Å². The van der Waals surface area contributed by atoms with Crippen LogP contribution >= 0.6 is 11.6 Å². The Bertz CT molecular complexity index is 728. The van der Waals surface area contributed by atoms with Gasteiger partial charge in [-0.3, -0.25) is 4.79 Å². The van der Waals surface area contributed by atoms with E-state index in [4.69, 9.17) is 11.6 Å². The van der Waals surface area contributed by atoms with E-state index in [0.717, 1.165) is 56.8 Å². The van der Waals surface area contributed by atoms with Gasteiger partial charge in [0.1, 0.15) is 0 Å². The SMILES string of the molecule is CN(C)CCCNCCCc1ccc(Cl)c(C(=O)NCC23CC4CC(CC(C4)C2)C3)c1. The highest BCUT2D eigenvalue weighted by Gasteiger charge is 2.50. The number of rotatable bonds is 11. The number of hydrogen-bond donors (Lipinski definition) is 2. The summed E-state index contributed by atoms with van der Waals surface area (Å²) in [6, 6.07) is 5.95. The van der Waals surface area contributed by atoms with Crippen molar-refractivity contribution in [1.82, 2.24) is 15.5 Å². The van der Waals surface area contributed by atoms with Crippen LogP contribution in [-0.2, 0) is 6.42 Å². The molecule has 4 aliphatic rings. The molecule has 1 amide bonds. The van der Waals surface area contributed by atoms with E-state index >= 15 is 0 Å². The van der Waals surface area contributed by atoms with Gasteiger partial charge in [-0.15, -0.1) is 0 Å². The number of benzene rings is 1. The first-order valence-corrected chi connectivity index (χ1v) is 12.7. The van der Waals surface area contributed by atoms with Crippen LogP contribution < -0.4 is 10.6 Å². The Kier molecular flexibility index (Phi) is 7.61.